The van der Waals surface area contributed by atoms with E-state index in [1.807, 2.05) is 42.5 Å². The maximum atomic E-state index is 13.1. The highest BCUT2D eigenvalue weighted by molar-refractivity contribution is 5.86. The van der Waals surface area contributed by atoms with E-state index in [0.29, 0.717) is 6.42 Å². The Labute approximate surface area is 208 Å². The molecule has 6 nitrogen and oxygen atoms in total. The summed E-state index contributed by atoms with van der Waals surface area (Å²) in [4.78, 5) is 25.7. The smallest absolute Gasteiger partial charge is 0.408 e. The van der Waals surface area contributed by atoms with E-state index in [1.165, 1.54) is 19.3 Å². The number of nitrogens with one attached hydrogen (secondary N) is 1. The fourth-order valence-corrected chi connectivity index (χ4v) is 4.07. The summed E-state index contributed by atoms with van der Waals surface area (Å²) in [6.45, 7) is 8.65. The molecular weight excluding hydrogens is 440 g/mol. The molecule has 0 saturated heterocycles. The first-order valence-corrected chi connectivity index (χ1v) is 12.5. The second-order valence-corrected chi connectivity index (χ2v) is 9.92. The molecule has 0 fully saturated rings. The van der Waals surface area contributed by atoms with Crippen molar-refractivity contribution in [3.63, 3.8) is 0 Å². The highest BCUT2D eigenvalue weighted by Gasteiger charge is 2.27. The Balaban J connectivity index is 1.80. The third kappa shape index (κ3) is 8.16. The first-order chi connectivity index (χ1) is 16.8. The van der Waals surface area contributed by atoms with Gasteiger partial charge in [-0.3, -0.25) is 0 Å². The van der Waals surface area contributed by atoms with Gasteiger partial charge in [-0.15, -0.1) is 0 Å². The maximum absolute atomic E-state index is 13.1. The number of fused-ring (bicyclic) bond motifs is 1. The highest BCUT2D eigenvalue weighted by atomic mass is 16.6. The van der Waals surface area contributed by atoms with E-state index >= 15 is 0 Å². The van der Waals surface area contributed by atoms with Crippen molar-refractivity contribution < 1.29 is 19.1 Å². The fourth-order valence-electron chi connectivity index (χ4n) is 4.07. The van der Waals surface area contributed by atoms with Crippen LogP contribution in [0.15, 0.2) is 60.8 Å². The summed E-state index contributed by atoms with van der Waals surface area (Å²) in [6, 6.07) is 16.8. The van der Waals surface area contributed by atoms with E-state index in [2.05, 4.69) is 35.1 Å². The molecule has 1 N–H and O–H groups in total. The Morgan fingerprint density at radius 2 is 1.69 bits per heavy atom. The number of carbonyl (C=O) groups is 2. The van der Waals surface area contributed by atoms with Crippen LogP contribution < -0.4 is 5.32 Å². The van der Waals surface area contributed by atoms with Crippen LogP contribution in [0.2, 0.25) is 0 Å². The number of aromatic nitrogens is 1. The maximum Gasteiger partial charge on any atom is 0.408 e. The number of nitrogens with zero attached hydrogens (tertiary/aromatic N) is 1. The summed E-state index contributed by atoms with van der Waals surface area (Å²) in [7, 11) is 0. The summed E-state index contributed by atoms with van der Waals surface area (Å²) in [6.07, 6.45) is 6.49. The summed E-state index contributed by atoms with van der Waals surface area (Å²) >= 11 is 0. The average molecular weight is 479 g/mol. The zero-order chi connectivity index (χ0) is 25.3. The Kier molecular flexibility index (Phi) is 9.35. The molecule has 0 radical (unpaired) electrons. The Morgan fingerprint density at radius 3 is 2.40 bits per heavy atom. The summed E-state index contributed by atoms with van der Waals surface area (Å²) in [5.41, 5.74) is 2.35. The first-order valence-electron chi connectivity index (χ1n) is 12.5. The van der Waals surface area contributed by atoms with Gasteiger partial charge in [0, 0.05) is 30.1 Å². The second kappa shape index (κ2) is 12.4. The summed E-state index contributed by atoms with van der Waals surface area (Å²) in [5, 5.41) is 3.83. The first kappa shape index (κ1) is 26.3. The number of unbranched alkanes of at least 4 members (excludes halogenated alkanes) is 3. The van der Waals surface area contributed by atoms with Crippen LogP contribution in [0.4, 0.5) is 4.79 Å². The minimum Gasteiger partial charge on any atom is -0.459 e. The lowest BCUT2D eigenvalue weighted by molar-refractivity contribution is -0.147. The second-order valence-electron chi connectivity index (χ2n) is 9.92. The van der Waals surface area contributed by atoms with Crippen LogP contribution in [-0.2, 0) is 33.8 Å². The zero-order valence-corrected chi connectivity index (χ0v) is 21.4. The topological polar surface area (TPSA) is 69.6 Å². The van der Waals surface area contributed by atoms with Gasteiger partial charge >= 0.3 is 12.1 Å². The molecule has 0 unspecified atom stereocenters. The van der Waals surface area contributed by atoms with Crippen LogP contribution in [-0.4, -0.2) is 28.3 Å². The third-order valence-electron chi connectivity index (χ3n) is 5.75. The van der Waals surface area contributed by atoms with Crippen molar-refractivity contribution in [1.29, 1.82) is 0 Å². The van der Waals surface area contributed by atoms with E-state index in [0.717, 1.165) is 35.0 Å². The number of aryl methyl sites for hydroxylation is 1. The van der Waals surface area contributed by atoms with Gasteiger partial charge in [-0.05, 0) is 44.4 Å². The lowest BCUT2D eigenvalue weighted by Gasteiger charge is -2.23. The minimum atomic E-state index is -0.868. The molecule has 35 heavy (non-hydrogen) atoms. The minimum absolute atomic E-state index is 0.144. The van der Waals surface area contributed by atoms with E-state index in [4.69, 9.17) is 9.47 Å². The monoisotopic (exact) mass is 478 g/mol. The van der Waals surface area contributed by atoms with E-state index in [1.54, 1.807) is 20.8 Å². The molecule has 1 heterocycles. The molecule has 0 aliphatic rings. The number of ether oxygens (including phenoxy) is 2. The van der Waals surface area contributed by atoms with E-state index in [-0.39, 0.29) is 6.61 Å². The van der Waals surface area contributed by atoms with Crippen molar-refractivity contribution >= 4 is 23.0 Å². The van der Waals surface area contributed by atoms with Crippen molar-refractivity contribution in [2.24, 2.45) is 0 Å². The molecule has 0 aliphatic carbocycles. The molecule has 1 amide bonds. The van der Waals surface area contributed by atoms with Gasteiger partial charge in [-0.25, -0.2) is 9.59 Å². The van der Waals surface area contributed by atoms with Crippen LogP contribution in [0.1, 0.15) is 64.5 Å². The molecule has 0 spiro atoms. The summed E-state index contributed by atoms with van der Waals surface area (Å²) in [5.74, 6) is -0.487. The summed E-state index contributed by atoms with van der Waals surface area (Å²) < 4.78 is 13.3. The predicted octanol–water partition coefficient (Wildman–Crippen LogP) is 6.40. The molecule has 0 saturated carbocycles. The highest BCUT2D eigenvalue weighted by Crippen LogP contribution is 2.24. The number of hydrogen-bond acceptors (Lipinski definition) is 4. The van der Waals surface area contributed by atoms with E-state index < -0.39 is 23.7 Å². The number of benzene rings is 2. The van der Waals surface area contributed by atoms with Gasteiger partial charge in [0.15, 0.2) is 0 Å². The molecule has 1 atom stereocenters. The predicted molar refractivity (Wildman–Crippen MR) is 139 cm³/mol. The number of carbonyl (C=O) groups excluding carboxylic acids is 2. The van der Waals surface area contributed by atoms with Crippen molar-refractivity contribution in [3.8, 4) is 0 Å². The van der Waals surface area contributed by atoms with Crippen LogP contribution in [0, 0.1) is 0 Å². The SMILES string of the molecule is CCCCCCn1cc(C[C@H](NC(=O)OC(C)(C)C)C(=O)OCc2ccccc2)c2ccccc21. The number of para-hydroxylation sites is 1. The molecule has 1 aromatic heterocycles. The molecule has 0 bridgehead atoms. The zero-order valence-electron chi connectivity index (χ0n) is 21.4. The quantitative estimate of drug-likeness (QED) is 0.256. The van der Waals surface area contributed by atoms with E-state index in [9.17, 15) is 9.59 Å². The molecular formula is C29H38N2O4. The number of alkyl carbamates (subject to hydrolysis) is 1. The number of rotatable bonds is 11. The Hall–Kier alpha value is -3.28. The number of hydrogen-bond donors (Lipinski definition) is 1. The third-order valence-corrected chi connectivity index (χ3v) is 5.75. The van der Waals surface area contributed by atoms with Gasteiger partial charge in [-0.1, -0.05) is 74.7 Å². The van der Waals surface area contributed by atoms with Crippen LogP contribution in [0.5, 0.6) is 0 Å². The molecule has 6 heteroatoms. The lowest BCUT2D eigenvalue weighted by atomic mass is 10.1. The Morgan fingerprint density at radius 1 is 0.971 bits per heavy atom. The van der Waals surface area contributed by atoms with Gasteiger partial charge in [0.25, 0.3) is 0 Å². The standard InChI is InChI=1S/C29H38N2O4/c1-5-6-7-13-18-31-20-23(24-16-11-12-17-26(24)31)19-25(30-28(33)35-29(2,3)4)27(32)34-21-22-14-9-8-10-15-22/h8-12,14-17,20,25H,5-7,13,18-19,21H2,1-4H3,(H,30,33)/t25-/m0/s1. The van der Waals surface area contributed by atoms with Crippen molar-refractivity contribution in [2.45, 2.75) is 84.6 Å². The molecule has 188 valence electrons. The van der Waals surface area contributed by atoms with Gasteiger partial charge in [-0.2, -0.15) is 0 Å². The normalized spacial score (nSPS) is 12.3. The van der Waals surface area contributed by atoms with Gasteiger partial charge in [0.05, 0.1) is 0 Å². The van der Waals surface area contributed by atoms with Gasteiger partial charge in [0.1, 0.15) is 18.2 Å². The van der Waals surface area contributed by atoms with Crippen LogP contribution >= 0.6 is 0 Å². The molecule has 0 aliphatic heterocycles. The van der Waals surface area contributed by atoms with Crippen LogP contribution in [0.25, 0.3) is 10.9 Å². The van der Waals surface area contributed by atoms with Crippen molar-refractivity contribution in [2.75, 3.05) is 0 Å². The van der Waals surface area contributed by atoms with Crippen molar-refractivity contribution in [3.05, 3.63) is 71.9 Å². The molecule has 3 aromatic rings. The van der Waals surface area contributed by atoms with Crippen molar-refractivity contribution in [1.82, 2.24) is 9.88 Å². The fraction of sp³-hybridized carbons (Fsp3) is 0.448. The molecule has 2 aromatic carbocycles. The lowest BCUT2D eigenvalue weighted by Crippen LogP contribution is -2.45. The van der Waals surface area contributed by atoms with Crippen LogP contribution in [0.3, 0.4) is 0 Å². The number of amides is 1. The number of esters is 1. The van der Waals surface area contributed by atoms with Gasteiger partial charge in [0.2, 0.25) is 0 Å². The largest absolute Gasteiger partial charge is 0.459 e. The average Bonchev–Trinajstić information content (AvgIpc) is 3.17. The molecule has 3 rings (SSSR count). The van der Waals surface area contributed by atoms with Gasteiger partial charge < -0.3 is 19.4 Å². The Bertz CT molecular complexity index is 1100.